The summed E-state index contributed by atoms with van der Waals surface area (Å²) in [6.45, 7) is 3.32. The Morgan fingerprint density at radius 2 is 2.24 bits per heavy atom. The molecule has 0 fully saturated rings. The van der Waals surface area contributed by atoms with Crippen molar-refractivity contribution in [3.8, 4) is 0 Å². The summed E-state index contributed by atoms with van der Waals surface area (Å²) >= 11 is 0. The minimum atomic E-state index is -0.529. The molecule has 1 atom stereocenters. The van der Waals surface area contributed by atoms with Crippen LogP contribution in [0.15, 0.2) is 21.9 Å². The summed E-state index contributed by atoms with van der Waals surface area (Å²) in [5.41, 5.74) is -0.587. The van der Waals surface area contributed by atoms with Crippen molar-refractivity contribution < 1.29 is 4.79 Å². The molecule has 0 saturated heterocycles. The molecule has 6 heteroatoms. The second kappa shape index (κ2) is 5.83. The van der Waals surface area contributed by atoms with E-state index >= 15 is 0 Å². The molecule has 0 aliphatic rings. The maximum absolute atomic E-state index is 11.3. The zero-order valence-corrected chi connectivity index (χ0v) is 9.74. The van der Waals surface area contributed by atoms with Crippen molar-refractivity contribution in [3.05, 3.63) is 38.7 Å². The fourth-order valence-corrected chi connectivity index (χ4v) is 1.35. The molecular formula is C11H15N3O3. The van der Waals surface area contributed by atoms with Crippen molar-refractivity contribution in [2.24, 2.45) is 0 Å². The molecule has 1 rings (SSSR count). The first kappa shape index (κ1) is 13.0. The van der Waals surface area contributed by atoms with Crippen LogP contribution >= 0.6 is 0 Å². The van der Waals surface area contributed by atoms with E-state index in [0.29, 0.717) is 12.0 Å². The third-order valence-corrected chi connectivity index (χ3v) is 2.08. The van der Waals surface area contributed by atoms with E-state index < -0.39 is 11.2 Å². The van der Waals surface area contributed by atoms with Crippen LogP contribution in [0, 0.1) is 0 Å². The zero-order valence-electron chi connectivity index (χ0n) is 9.74. The quantitative estimate of drug-likeness (QED) is 0.687. The molecule has 92 valence electrons. The molecule has 0 aromatic carbocycles. The maximum atomic E-state index is 11.3. The number of amides is 1. The molecule has 6 nitrogen and oxygen atoms in total. The monoisotopic (exact) mass is 237 g/mol. The van der Waals surface area contributed by atoms with Crippen molar-refractivity contribution in [2.45, 2.75) is 26.3 Å². The fraction of sp³-hybridized carbons (Fsp3) is 0.364. The van der Waals surface area contributed by atoms with Gasteiger partial charge in [0, 0.05) is 19.2 Å². The first-order valence-corrected chi connectivity index (χ1v) is 5.24. The number of nitrogens with one attached hydrogen (secondary N) is 3. The lowest BCUT2D eigenvalue weighted by atomic mass is 10.2. The van der Waals surface area contributed by atoms with Crippen LogP contribution < -0.4 is 16.6 Å². The van der Waals surface area contributed by atoms with E-state index in [1.165, 1.54) is 13.1 Å². The van der Waals surface area contributed by atoms with Crippen LogP contribution in [0.5, 0.6) is 0 Å². The van der Waals surface area contributed by atoms with Crippen LogP contribution in [0.2, 0.25) is 0 Å². The predicted molar refractivity (Wildman–Crippen MR) is 64.6 cm³/mol. The molecule has 1 aromatic rings. The van der Waals surface area contributed by atoms with E-state index in [9.17, 15) is 14.4 Å². The number of carbonyl (C=O) groups is 1. The Balaban J connectivity index is 2.62. The lowest BCUT2D eigenvalue weighted by Gasteiger charge is -2.08. The lowest BCUT2D eigenvalue weighted by Crippen LogP contribution is -2.29. The van der Waals surface area contributed by atoms with E-state index in [1.807, 2.05) is 6.92 Å². The van der Waals surface area contributed by atoms with Gasteiger partial charge in [-0.15, -0.1) is 0 Å². The molecule has 0 aliphatic heterocycles. The molecule has 3 N–H and O–H groups in total. The number of aromatic nitrogens is 2. The van der Waals surface area contributed by atoms with Crippen molar-refractivity contribution in [1.29, 1.82) is 0 Å². The Morgan fingerprint density at radius 1 is 1.53 bits per heavy atom. The summed E-state index contributed by atoms with van der Waals surface area (Å²) in [7, 11) is 0. The maximum Gasteiger partial charge on any atom is 0.325 e. The molecule has 0 radical (unpaired) electrons. The Kier molecular flexibility index (Phi) is 4.45. The Morgan fingerprint density at radius 3 is 2.82 bits per heavy atom. The van der Waals surface area contributed by atoms with Crippen LogP contribution in [-0.4, -0.2) is 21.9 Å². The minimum Gasteiger partial charge on any atom is -0.354 e. The summed E-state index contributed by atoms with van der Waals surface area (Å²) in [4.78, 5) is 37.3. The SMILES string of the molecule is CC(=O)NC(C)C/C=C/c1c[nH]c(=O)[nH]c1=O. The summed E-state index contributed by atoms with van der Waals surface area (Å²) in [6, 6.07) is 0.00518. The number of carbonyl (C=O) groups excluding carboxylic acids is 1. The molecule has 0 bridgehead atoms. The average Bonchev–Trinajstić information content (AvgIpc) is 2.20. The molecule has 0 spiro atoms. The van der Waals surface area contributed by atoms with Gasteiger partial charge in [0.15, 0.2) is 0 Å². The largest absolute Gasteiger partial charge is 0.354 e. The molecule has 1 amide bonds. The smallest absolute Gasteiger partial charge is 0.325 e. The van der Waals surface area contributed by atoms with Crippen molar-refractivity contribution in [1.82, 2.24) is 15.3 Å². The van der Waals surface area contributed by atoms with E-state index in [4.69, 9.17) is 0 Å². The van der Waals surface area contributed by atoms with Gasteiger partial charge in [-0.1, -0.05) is 12.2 Å². The van der Waals surface area contributed by atoms with E-state index in [0.717, 1.165) is 0 Å². The van der Waals surface area contributed by atoms with Gasteiger partial charge < -0.3 is 10.3 Å². The molecule has 0 aliphatic carbocycles. The highest BCUT2D eigenvalue weighted by Crippen LogP contribution is 1.96. The van der Waals surface area contributed by atoms with Gasteiger partial charge in [0.05, 0.1) is 5.56 Å². The van der Waals surface area contributed by atoms with E-state index in [2.05, 4.69) is 15.3 Å². The average molecular weight is 237 g/mol. The van der Waals surface area contributed by atoms with Gasteiger partial charge in [-0.3, -0.25) is 14.6 Å². The molecule has 1 aromatic heterocycles. The molecule has 17 heavy (non-hydrogen) atoms. The highest BCUT2D eigenvalue weighted by molar-refractivity contribution is 5.73. The molecular weight excluding hydrogens is 222 g/mol. The van der Waals surface area contributed by atoms with Gasteiger partial charge in [-0.05, 0) is 13.3 Å². The highest BCUT2D eigenvalue weighted by atomic mass is 16.2. The molecule has 1 heterocycles. The van der Waals surface area contributed by atoms with Gasteiger partial charge in [0.1, 0.15) is 0 Å². The number of aromatic amines is 2. The number of hydrogen-bond acceptors (Lipinski definition) is 3. The van der Waals surface area contributed by atoms with Crippen molar-refractivity contribution in [3.63, 3.8) is 0 Å². The normalized spacial score (nSPS) is 12.6. The Labute approximate surface area is 97.8 Å². The second-order valence-electron chi connectivity index (χ2n) is 3.77. The Bertz CT molecular complexity index is 527. The van der Waals surface area contributed by atoms with E-state index in [-0.39, 0.29) is 11.9 Å². The third kappa shape index (κ3) is 4.50. The molecule has 0 saturated carbocycles. The fourth-order valence-electron chi connectivity index (χ4n) is 1.35. The molecule has 1 unspecified atom stereocenters. The van der Waals surface area contributed by atoms with Gasteiger partial charge in [0.2, 0.25) is 5.91 Å². The highest BCUT2D eigenvalue weighted by Gasteiger charge is 2.00. The van der Waals surface area contributed by atoms with Gasteiger partial charge in [-0.25, -0.2) is 4.79 Å². The van der Waals surface area contributed by atoms with Crippen LogP contribution in [0.3, 0.4) is 0 Å². The second-order valence-corrected chi connectivity index (χ2v) is 3.77. The summed E-state index contributed by atoms with van der Waals surface area (Å²) in [5, 5.41) is 2.72. The van der Waals surface area contributed by atoms with E-state index in [1.54, 1.807) is 12.2 Å². The number of hydrogen-bond donors (Lipinski definition) is 3. The first-order valence-electron chi connectivity index (χ1n) is 5.24. The van der Waals surface area contributed by atoms with Crippen molar-refractivity contribution >= 4 is 12.0 Å². The zero-order chi connectivity index (χ0) is 12.8. The van der Waals surface area contributed by atoms with Crippen LogP contribution in [0.4, 0.5) is 0 Å². The van der Waals surface area contributed by atoms with Crippen LogP contribution in [-0.2, 0) is 4.79 Å². The number of rotatable bonds is 4. The number of H-pyrrole nitrogens is 2. The van der Waals surface area contributed by atoms with Crippen molar-refractivity contribution in [2.75, 3.05) is 0 Å². The topological polar surface area (TPSA) is 94.8 Å². The van der Waals surface area contributed by atoms with Gasteiger partial charge in [-0.2, -0.15) is 0 Å². The van der Waals surface area contributed by atoms with Gasteiger partial charge in [0.25, 0.3) is 5.56 Å². The van der Waals surface area contributed by atoms with Crippen LogP contribution in [0.1, 0.15) is 25.8 Å². The standard InChI is InChI=1S/C11H15N3O3/c1-7(13-8(2)15)4-3-5-9-6-12-11(17)14-10(9)16/h3,5-7H,4H2,1-2H3,(H,13,15)(H2,12,14,16,17)/b5-3+. The Hall–Kier alpha value is -2.11. The summed E-state index contributed by atoms with van der Waals surface area (Å²) in [6.07, 6.45) is 5.33. The van der Waals surface area contributed by atoms with Gasteiger partial charge >= 0.3 is 5.69 Å². The summed E-state index contributed by atoms with van der Waals surface area (Å²) in [5.74, 6) is -0.0900. The minimum absolute atomic E-state index is 0.00518. The first-order chi connectivity index (χ1) is 7.99. The third-order valence-electron chi connectivity index (χ3n) is 2.08. The summed E-state index contributed by atoms with van der Waals surface area (Å²) < 4.78 is 0. The van der Waals surface area contributed by atoms with Crippen LogP contribution in [0.25, 0.3) is 6.08 Å². The lowest BCUT2D eigenvalue weighted by molar-refractivity contribution is -0.119. The predicted octanol–water partition coefficient (Wildman–Crippen LogP) is -0.00890.